The van der Waals surface area contributed by atoms with Gasteiger partial charge in [-0.2, -0.15) is 13.2 Å². The molecule has 0 aromatic heterocycles. The zero-order chi connectivity index (χ0) is 67.5. The van der Waals surface area contributed by atoms with Gasteiger partial charge in [-0.3, -0.25) is 52.7 Å². The predicted molar refractivity (Wildman–Crippen MR) is 335 cm³/mol. The molecule has 2 saturated heterocycles. The van der Waals surface area contributed by atoms with Gasteiger partial charge >= 0.3 is 6.18 Å². The van der Waals surface area contributed by atoms with Gasteiger partial charge in [-0.05, 0) is 106 Å². The number of fused-ring (bicyclic) bond motifs is 1. The Morgan fingerprint density at radius 3 is 1.78 bits per heavy atom. The van der Waals surface area contributed by atoms with Gasteiger partial charge in [-0.1, -0.05) is 97.7 Å². The second kappa shape index (κ2) is 35.3. The molecule has 3 fully saturated rings. The number of alkyl halides is 3. The van der Waals surface area contributed by atoms with E-state index < -0.39 is 144 Å². The zero-order valence-electron chi connectivity index (χ0n) is 55.3. The number of aryl methyl sites for hydroxylation is 1. The molecule has 4 N–H and O–H groups in total. The number of halogens is 4. The maximum atomic E-state index is 14.7. The molecule has 90 heavy (non-hydrogen) atoms. The van der Waals surface area contributed by atoms with Crippen molar-refractivity contribution in [2.45, 2.75) is 206 Å². The zero-order valence-corrected chi connectivity index (χ0v) is 56.0. The number of nitrogens with zero attached hydrogens (tertiary/aromatic N) is 7. The van der Waals surface area contributed by atoms with E-state index in [0.717, 1.165) is 58.9 Å². The first-order valence-corrected chi connectivity index (χ1v) is 32.4. The topological polar surface area (TPSA) is 259 Å². The van der Waals surface area contributed by atoms with Crippen LogP contribution in [-0.4, -0.2) is 217 Å². The van der Waals surface area contributed by atoms with Crippen molar-refractivity contribution in [3.8, 4) is 0 Å². The molecule has 1 aromatic rings. The molecule has 11 amide bonds. The van der Waals surface area contributed by atoms with Crippen LogP contribution in [0.2, 0.25) is 5.02 Å². The highest BCUT2D eigenvalue weighted by Crippen LogP contribution is 2.35. The molecule has 1 aliphatic carbocycles. The third kappa shape index (κ3) is 22.4. The van der Waals surface area contributed by atoms with Gasteiger partial charge in [0.15, 0.2) is 0 Å². The van der Waals surface area contributed by atoms with E-state index in [1.165, 1.54) is 68.0 Å². The molecule has 506 valence electrons. The van der Waals surface area contributed by atoms with Crippen LogP contribution in [0, 0.1) is 23.7 Å². The van der Waals surface area contributed by atoms with Crippen LogP contribution in [-0.2, 0) is 65.3 Å². The quantitative estimate of drug-likeness (QED) is 0.218. The predicted octanol–water partition coefficient (Wildman–Crippen LogP) is 5.41. The standard InChI is InChI=1S/C64H101ClF3N11O11/c1-14-41(6)57-63(90)75(10)37-55(83)73(8)38-56(84)78(13)51(35-43-21-16-15-17-22-43)62(89)74(9)36-52(80)71-47(28-26-44-25-27-45(46(65)34-44)64(66,67)68)61(88)79-30-20-23-48(79)58(85)69-29-19-18-24-53(81)76(11)49(31-39(2)3)59(86)70-42(7)33-54(82)77(12)50(32-40(4)5)60(87)72-57/h25,27,34,39-43,47-51,57H,14-24,26,28-33,35-38H2,1-13H3,(H,69,85)(H,70,86)(H,71,80)(H,72,87)/t41-,42+,47-,48-,49-,50-,51-,57-/m0/s1. The molecule has 0 spiro atoms. The van der Waals surface area contributed by atoms with Crippen LogP contribution in [0.15, 0.2) is 18.2 Å². The van der Waals surface area contributed by atoms with Crippen molar-refractivity contribution in [2.24, 2.45) is 23.7 Å². The molecule has 1 saturated carbocycles. The number of benzene rings is 1. The summed E-state index contributed by atoms with van der Waals surface area (Å²) in [7, 11) is 8.63. The molecule has 26 heteroatoms. The summed E-state index contributed by atoms with van der Waals surface area (Å²) in [6, 6.07) is -4.00. The van der Waals surface area contributed by atoms with Crippen LogP contribution >= 0.6 is 11.6 Å². The summed E-state index contributed by atoms with van der Waals surface area (Å²) >= 11 is 6.07. The Balaban J connectivity index is 1.70. The lowest BCUT2D eigenvalue weighted by Gasteiger charge is -2.35. The highest BCUT2D eigenvalue weighted by atomic mass is 35.5. The highest BCUT2D eigenvalue weighted by molar-refractivity contribution is 6.31. The number of amides is 11. The minimum Gasteiger partial charge on any atom is -0.354 e. The first-order valence-electron chi connectivity index (χ1n) is 32.0. The summed E-state index contributed by atoms with van der Waals surface area (Å²) in [6.45, 7) is 11.6. The van der Waals surface area contributed by atoms with E-state index in [2.05, 4.69) is 21.3 Å². The summed E-state index contributed by atoms with van der Waals surface area (Å²) in [4.78, 5) is 165. The Kier molecular flexibility index (Phi) is 29.8. The lowest BCUT2D eigenvalue weighted by Crippen LogP contribution is -2.57. The molecule has 0 radical (unpaired) electrons. The minimum absolute atomic E-state index is 0.0162. The number of nitrogens with one attached hydrogen (secondary N) is 4. The average molecular weight is 1290 g/mol. The number of carbonyl (C=O) groups is 11. The first-order chi connectivity index (χ1) is 42.2. The Labute approximate surface area is 535 Å². The van der Waals surface area contributed by atoms with Crippen molar-refractivity contribution in [3.63, 3.8) is 0 Å². The van der Waals surface area contributed by atoms with Crippen LogP contribution in [0.25, 0.3) is 0 Å². The molecule has 2 aliphatic heterocycles. The molecular weight excluding hydrogens is 1190 g/mol. The van der Waals surface area contributed by atoms with Gasteiger partial charge in [0.2, 0.25) is 65.0 Å². The SMILES string of the molecule is CC[C@H](C)[C@@H]1NC(=O)[C@H](CC(C)C)N(C)C(=O)C[C@@H](C)NC(=O)[C@H](CC(C)C)N(C)C(=O)CCCCNC(=O)[C@@H]2CCCN2C(=O)[C@H](CCc2ccc(C(F)(F)F)c(Cl)c2)NC(=O)CN(C)C(=O)[C@H](CC2CCCCC2)N(C)C(=O)CN(C)C(=O)CN(C)C1=O. The van der Waals surface area contributed by atoms with Gasteiger partial charge in [0, 0.05) is 74.3 Å². The van der Waals surface area contributed by atoms with Crippen LogP contribution in [0.1, 0.15) is 162 Å². The Morgan fingerprint density at radius 2 is 1.19 bits per heavy atom. The summed E-state index contributed by atoms with van der Waals surface area (Å²) < 4.78 is 41.0. The smallest absolute Gasteiger partial charge is 0.354 e. The molecule has 8 atom stereocenters. The van der Waals surface area contributed by atoms with Gasteiger partial charge in [0.1, 0.15) is 36.3 Å². The second-order valence-electron chi connectivity index (χ2n) is 26.1. The molecule has 0 bridgehead atoms. The fraction of sp³-hybridized carbons (Fsp3) is 0.734. The Morgan fingerprint density at radius 1 is 0.611 bits per heavy atom. The molecule has 4 rings (SSSR count). The maximum Gasteiger partial charge on any atom is 0.417 e. The lowest BCUT2D eigenvalue weighted by atomic mass is 9.84. The van der Waals surface area contributed by atoms with Crippen molar-refractivity contribution in [1.82, 2.24) is 55.6 Å². The summed E-state index contributed by atoms with van der Waals surface area (Å²) in [5.41, 5.74) is -0.717. The van der Waals surface area contributed by atoms with Crippen molar-refractivity contribution in [2.75, 3.05) is 75.0 Å². The monoisotopic (exact) mass is 1290 g/mol. The summed E-state index contributed by atoms with van der Waals surface area (Å²) in [5, 5.41) is 10.8. The lowest BCUT2D eigenvalue weighted by molar-refractivity contribution is -0.149. The minimum atomic E-state index is -4.72. The van der Waals surface area contributed by atoms with Gasteiger partial charge in [0.05, 0.1) is 30.2 Å². The van der Waals surface area contributed by atoms with Crippen LogP contribution in [0.4, 0.5) is 13.2 Å². The van der Waals surface area contributed by atoms with Gasteiger partial charge in [-0.25, -0.2) is 0 Å². The Hall–Kier alpha value is -6.53. The van der Waals surface area contributed by atoms with Gasteiger partial charge < -0.3 is 55.6 Å². The van der Waals surface area contributed by atoms with E-state index in [1.54, 1.807) is 13.8 Å². The van der Waals surface area contributed by atoms with Crippen molar-refractivity contribution in [3.05, 3.63) is 34.3 Å². The van der Waals surface area contributed by atoms with Crippen molar-refractivity contribution in [1.29, 1.82) is 0 Å². The van der Waals surface area contributed by atoms with Crippen molar-refractivity contribution >= 4 is 76.6 Å². The van der Waals surface area contributed by atoms with Crippen LogP contribution < -0.4 is 21.3 Å². The summed E-state index contributed by atoms with van der Waals surface area (Å²) in [6.07, 6.45) is 1.95. The second-order valence-corrected chi connectivity index (χ2v) is 26.5. The van der Waals surface area contributed by atoms with Crippen LogP contribution in [0.3, 0.4) is 0 Å². The number of carbonyl (C=O) groups excluding carboxylic acids is 11. The summed E-state index contributed by atoms with van der Waals surface area (Å²) in [5.74, 6) is -6.67. The maximum absolute atomic E-state index is 14.7. The third-order valence-corrected chi connectivity index (χ3v) is 18.1. The number of rotatable bonds is 11. The molecule has 1 aromatic carbocycles. The highest BCUT2D eigenvalue weighted by Gasteiger charge is 2.41. The molecule has 2 heterocycles. The van der Waals surface area contributed by atoms with Crippen molar-refractivity contribution < 1.29 is 65.9 Å². The fourth-order valence-corrected chi connectivity index (χ4v) is 12.3. The first kappa shape index (κ1) is 75.9. The van der Waals surface area contributed by atoms with E-state index in [9.17, 15) is 65.9 Å². The van der Waals surface area contributed by atoms with Gasteiger partial charge in [-0.15, -0.1) is 0 Å². The van der Waals surface area contributed by atoms with E-state index in [-0.39, 0.29) is 81.7 Å². The normalized spacial score (nSPS) is 25.4. The van der Waals surface area contributed by atoms with Gasteiger partial charge in [0.25, 0.3) is 0 Å². The molecule has 22 nitrogen and oxygen atoms in total. The molecule has 0 unspecified atom stereocenters. The molecular formula is C64H101ClF3N11O11. The van der Waals surface area contributed by atoms with E-state index in [1.807, 2.05) is 34.6 Å². The number of hydrogen-bond donors (Lipinski definition) is 4. The average Bonchev–Trinajstić information content (AvgIpc) is 1.59. The van der Waals surface area contributed by atoms with E-state index in [4.69, 9.17) is 11.6 Å². The fourth-order valence-electron chi connectivity index (χ4n) is 11.9. The third-order valence-electron chi connectivity index (χ3n) is 17.7. The van der Waals surface area contributed by atoms with E-state index in [0.29, 0.717) is 37.7 Å². The van der Waals surface area contributed by atoms with Crippen LogP contribution in [0.5, 0.6) is 0 Å². The Bertz CT molecular complexity index is 2680. The number of hydrogen-bond acceptors (Lipinski definition) is 11. The number of likely N-dealkylation sites (N-methyl/N-ethyl adjacent to an activating group) is 6. The van der Waals surface area contributed by atoms with E-state index >= 15 is 0 Å². The molecule has 3 aliphatic rings. The largest absolute Gasteiger partial charge is 0.417 e.